The summed E-state index contributed by atoms with van der Waals surface area (Å²) in [5.41, 5.74) is 0. The number of likely N-dealkylation sites (N-methyl/N-ethyl adjacent to an activating group) is 1. The van der Waals surface area contributed by atoms with Crippen LogP contribution in [0.25, 0.3) is 0 Å². The van der Waals surface area contributed by atoms with Gasteiger partial charge in [-0.25, -0.2) is 0 Å². The van der Waals surface area contributed by atoms with Gasteiger partial charge in [0.2, 0.25) is 0 Å². The first-order chi connectivity index (χ1) is 8.81. The van der Waals surface area contributed by atoms with Gasteiger partial charge in [0.15, 0.2) is 0 Å². The molecule has 1 N–H and O–H groups in total. The van der Waals surface area contributed by atoms with E-state index in [0.717, 1.165) is 30.3 Å². The van der Waals surface area contributed by atoms with Crippen LogP contribution in [0.2, 0.25) is 0 Å². The molecular weight excluding hydrogens is 222 g/mol. The summed E-state index contributed by atoms with van der Waals surface area (Å²) in [6, 6.07) is 0.599. The highest BCUT2D eigenvalue weighted by Crippen LogP contribution is 2.50. The molecule has 0 aromatic carbocycles. The summed E-state index contributed by atoms with van der Waals surface area (Å²) in [7, 11) is 2.13. The molecule has 3 aliphatic carbocycles. The Morgan fingerprint density at radius 2 is 2.00 bits per heavy atom. The number of hydrogen-bond acceptors (Lipinski definition) is 2. The van der Waals surface area contributed by atoms with Crippen molar-refractivity contribution in [3.63, 3.8) is 0 Å². The second-order valence-corrected chi connectivity index (χ2v) is 6.82. The van der Waals surface area contributed by atoms with Gasteiger partial charge in [-0.2, -0.15) is 0 Å². The number of hydrogen-bond donors (Lipinski definition) is 1. The number of rotatable bonds is 7. The highest BCUT2D eigenvalue weighted by atomic mass is 16.5. The molecule has 3 rings (SSSR count). The molecule has 0 aromatic heterocycles. The van der Waals surface area contributed by atoms with Crippen LogP contribution in [0.5, 0.6) is 0 Å². The molecule has 0 amide bonds. The largest absolute Gasteiger partial charge is 0.377 e. The van der Waals surface area contributed by atoms with E-state index < -0.39 is 0 Å². The Hall–Kier alpha value is -0.0800. The average molecular weight is 251 g/mol. The number of ether oxygens (including phenoxy) is 1. The predicted octanol–water partition coefficient (Wildman–Crippen LogP) is 3.22. The van der Waals surface area contributed by atoms with Gasteiger partial charge >= 0.3 is 0 Å². The van der Waals surface area contributed by atoms with Crippen molar-refractivity contribution in [1.82, 2.24) is 5.32 Å². The fourth-order valence-electron chi connectivity index (χ4n) is 4.61. The van der Waals surface area contributed by atoms with Crippen LogP contribution in [0.15, 0.2) is 0 Å². The van der Waals surface area contributed by atoms with Crippen LogP contribution in [0.3, 0.4) is 0 Å². The smallest absolute Gasteiger partial charge is 0.0755 e. The molecule has 0 spiro atoms. The molecule has 18 heavy (non-hydrogen) atoms. The summed E-state index contributed by atoms with van der Waals surface area (Å²) in [4.78, 5) is 0. The molecule has 2 heteroatoms. The molecule has 3 fully saturated rings. The highest BCUT2D eigenvalue weighted by molar-refractivity contribution is 4.96. The molecular formula is C16H29NO. The lowest BCUT2D eigenvalue weighted by Gasteiger charge is -2.32. The molecule has 3 saturated carbocycles. The molecule has 0 aliphatic heterocycles. The molecule has 0 saturated heterocycles. The molecule has 3 aliphatic rings. The summed E-state index contributed by atoms with van der Waals surface area (Å²) in [6.07, 6.45) is 10.7. The lowest BCUT2D eigenvalue weighted by atomic mass is 9.82. The van der Waals surface area contributed by atoms with Crippen molar-refractivity contribution in [3.8, 4) is 0 Å². The first-order valence-electron chi connectivity index (χ1n) is 8.10. The van der Waals surface area contributed by atoms with Gasteiger partial charge in [0.05, 0.1) is 6.10 Å². The Morgan fingerprint density at radius 1 is 1.17 bits per heavy atom. The highest BCUT2D eigenvalue weighted by Gasteiger charge is 2.43. The number of fused-ring (bicyclic) bond motifs is 2. The summed E-state index contributed by atoms with van der Waals surface area (Å²) in [5.74, 6) is 3.96. The van der Waals surface area contributed by atoms with Gasteiger partial charge in [0.1, 0.15) is 0 Å². The van der Waals surface area contributed by atoms with Gasteiger partial charge in [-0.1, -0.05) is 6.42 Å². The summed E-state index contributed by atoms with van der Waals surface area (Å²) in [5, 5.41) is 3.57. The van der Waals surface area contributed by atoms with E-state index in [9.17, 15) is 0 Å². The molecule has 0 aromatic rings. The Morgan fingerprint density at radius 3 is 2.50 bits per heavy atom. The van der Waals surface area contributed by atoms with Gasteiger partial charge < -0.3 is 10.1 Å². The Bertz CT molecular complexity index is 276. The standard InChI is InChI=1S/C16H29NO/c1-3-18-16(12-6-7-12)15(17-2)10-14-9-11-4-5-13(14)8-11/h11-17H,3-10H2,1-2H3. The van der Waals surface area contributed by atoms with E-state index in [1.54, 1.807) is 0 Å². The van der Waals surface area contributed by atoms with E-state index in [-0.39, 0.29) is 0 Å². The van der Waals surface area contributed by atoms with Crippen molar-refractivity contribution in [2.45, 2.75) is 64.0 Å². The van der Waals surface area contributed by atoms with Crippen molar-refractivity contribution >= 4 is 0 Å². The Labute approximate surface area is 112 Å². The molecule has 5 unspecified atom stereocenters. The Balaban J connectivity index is 1.57. The van der Waals surface area contributed by atoms with E-state index in [0.29, 0.717) is 12.1 Å². The van der Waals surface area contributed by atoms with Crippen LogP contribution in [0.4, 0.5) is 0 Å². The van der Waals surface area contributed by atoms with E-state index >= 15 is 0 Å². The summed E-state index contributed by atoms with van der Waals surface area (Å²) < 4.78 is 6.05. The maximum absolute atomic E-state index is 6.05. The summed E-state index contributed by atoms with van der Waals surface area (Å²) >= 11 is 0. The van der Waals surface area contributed by atoms with E-state index in [1.807, 2.05) is 0 Å². The zero-order chi connectivity index (χ0) is 12.5. The number of nitrogens with one attached hydrogen (secondary N) is 1. The zero-order valence-electron chi connectivity index (χ0n) is 12.0. The van der Waals surface area contributed by atoms with Gasteiger partial charge in [-0.15, -0.1) is 0 Å². The first kappa shape index (κ1) is 12.9. The third kappa shape index (κ3) is 2.60. The molecule has 0 radical (unpaired) electrons. The van der Waals surface area contributed by atoms with Crippen LogP contribution in [0.1, 0.15) is 51.9 Å². The van der Waals surface area contributed by atoms with Crippen molar-refractivity contribution in [1.29, 1.82) is 0 Å². The lowest BCUT2D eigenvalue weighted by molar-refractivity contribution is 0.0124. The van der Waals surface area contributed by atoms with Gasteiger partial charge in [-0.3, -0.25) is 0 Å². The third-order valence-corrected chi connectivity index (χ3v) is 5.65. The Kier molecular flexibility index (Phi) is 3.95. The van der Waals surface area contributed by atoms with Gasteiger partial charge in [-0.05, 0) is 76.2 Å². The average Bonchev–Trinajstić information content (AvgIpc) is 3.02. The van der Waals surface area contributed by atoms with E-state index in [1.165, 1.54) is 44.9 Å². The predicted molar refractivity (Wildman–Crippen MR) is 74.5 cm³/mol. The van der Waals surface area contributed by atoms with Crippen molar-refractivity contribution in [2.24, 2.45) is 23.7 Å². The zero-order valence-corrected chi connectivity index (χ0v) is 12.0. The van der Waals surface area contributed by atoms with Crippen LogP contribution in [-0.2, 0) is 4.74 Å². The second-order valence-electron chi connectivity index (χ2n) is 6.82. The fraction of sp³-hybridized carbons (Fsp3) is 1.00. The first-order valence-corrected chi connectivity index (χ1v) is 8.10. The fourth-order valence-corrected chi connectivity index (χ4v) is 4.61. The SMILES string of the molecule is CCOC(C1CC1)C(CC1CC2CCC1C2)NC. The minimum absolute atomic E-state index is 0.485. The van der Waals surface area contributed by atoms with Crippen LogP contribution in [-0.4, -0.2) is 25.8 Å². The van der Waals surface area contributed by atoms with E-state index in [4.69, 9.17) is 4.74 Å². The lowest BCUT2D eigenvalue weighted by Crippen LogP contribution is -2.42. The molecule has 2 nitrogen and oxygen atoms in total. The summed E-state index contributed by atoms with van der Waals surface area (Å²) in [6.45, 7) is 3.01. The minimum Gasteiger partial charge on any atom is -0.377 e. The quantitative estimate of drug-likeness (QED) is 0.750. The maximum atomic E-state index is 6.05. The van der Waals surface area contributed by atoms with Crippen molar-refractivity contribution in [2.75, 3.05) is 13.7 Å². The second kappa shape index (κ2) is 5.50. The van der Waals surface area contributed by atoms with Gasteiger partial charge in [0.25, 0.3) is 0 Å². The molecule has 5 atom stereocenters. The van der Waals surface area contributed by atoms with Crippen LogP contribution >= 0.6 is 0 Å². The van der Waals surface area contributed by atoms with Crippen molar-refractivity contribution < 1.29 is 4.74 Å². The normalized spacial score (nSPS) is 38.0. The van der Waals surface area contributed by atoms with Gasteiger partial charge in [0, 0.05) is 12.6 Å². The minimum atomic E-state index is 0.485. The molecule has 2 bridgehead atoms. The molecule has 104 valence electrons. The topological polar surface area (TPSA) is 21.3 Å². The third-order valence-electron chi connectivity index (χ3n) is 5.65. The van der Waals surface area contributed by atoms with Crippen molar-refractivity contribution in [3.05, 3.63) is 0 Å². The maximum Gasteiger partial charge on any atom is 0.0755 e. The van der Waals surface area contributed by atoms with E-state index in [2.05, 4.69) is 19.3 Å². The monoisotopic (exact) mass is 251 g/mol. The van der Waals surface area contributed by atoms with Crippen LogP contribution in [0, 0.1) is 23.7 Å². The van der Waals surface area contributed by atoms with Crippen LogP contribution < -0.4 is 5.32 Å². The molecule has 0 heterocycles.